The van der Waals surface area contributed by atoms with E-state index < -0.39 is 11.6 Å². The van der Waals surface area contributed by atoms with Crippen molar-refractivity contribution in [2.45, 2.75) is 13.2 Å². The maximum atomic E-state index is 13.3. The summed E-state index contributed by atoms with van der Waals surface area (Å²) in [6.45, 7) is 0.584. The van der Waals surface area contributed by atoms with Crippen LogP contribution in [-0.2, 0) is 13.2 Å². The van der Waals surface area contributed by atoms with Gasteiger partial charge in [0.05, 0.1) is 0 Å². The van der Waals surface area contributed by atoms with E-state index >= 15 is 0 Å². The first-order valence-electron chi connectivity index (χ1n) is 8.01. The quantitative estimate of drug-likeness (QED) is 0.549. The van der Waals surface area contributed by atoms with Gasteiger partial charge in [0.15, 0.2) is 11.6 Å². The van der Waals surface area contributed by atoms with E-state index in [9.17, 15) is 8.78 Å². The van der Waals surface area contributed by atoms with Crippen LogP contribution in [0.2, 0.25) is 5.02 Å². The zero-order valence-electron chi connectivity index (χ0n) is 13.8. The number of anilines is 1. The fourth-order valence-corrected chi connectivity index (χ4v) is 2.58. The van der Waals surface area contributed by atoms with Gasteiger partial charge in [-0.1, -0.05) is 35.9 Å². The van der Waals surface area contributed by atoms with Gasteiger partial charge in [0.2, 0.25) is 0 Å². The minimum absolute atomic E-state index is 0.123. The minimum Gasteiger partial charge on any atom is -0.489 e. The minimum atomic E-state index is -0.892. The Balaban J connectivity index is 1.64. The second-order valence-corrected chi connectivity index (χ2v) is 6.07. The molecule has 0 aliphatic rings. The third-order valence-corrected chi connectivity index (χ3v) is 3.92. The molecule has 0 aromatic heterocycles. The summed E-state index contributed by atoms with van der Waals surface area (Å²) < 4.78 is 32.1. The van der Waals surface area contributed by atoms with Crippen molar-refractivity contribution in [3.8, 4) is 5.75 Å². The second kappa shape index (κ2) is 8.65. The second-order valence-electron chi connectivity index (χ2n) is 5.63. The van der Waals surface area contributed by atoms with Crippen molar-refractivity contribution >= 4 is 17.3 Å². The van der Waals surface area contributed by atoms with E-state index in [4.69, 9.17) is 16.3 Å². The molecule has 0 fully saturated rings. The highest BCUT2D eigenvalue weighted by Gasteiger charge is 2.07. The Kier molecular flexibility index (Phi) is 6.04. The first kappa shape index (κ1) is 18.2. The maximum Gasteiger partial charge on any atom is 0.159 e. The summed E-state index contributed by atoms with van der Waals surface area (Å²) in [5.74, 6) is -1.16. The molecule has 26 heavy (non-hydrogen) atoms. The summed E-state index contributed by atoms with van der Waals surface area (Å²) in [5, 5.41) is 0.585. The van der Waals surface area contributed by atoms with Gasteiger partial charge in [-0.25, -0.2) is 14.2 Å². The molecule has 0 atom stereocenters. The SMILES string of the molecule is Fc1ccc(COc2ccc(Cl)cc2CNNc2ccccc2)cc1F. The molecule has 0 heterocycles. The first-order valence-corrected chi connectivity index (χ1v) is 8.39. The van der Waals surface area contributed by atoms with Gasteiger partial charge in [-0.2, -0.15) is 0 Å². The Morgan fingerprint density at radius 2 is 1.69 bits per heavy atom. The van der Waals surface area contributed by atoms with Crippen LogP contribution in [0.15, 0.2) is 66.7 Å². The molecule has 0 spiro atoms. The molecule has 3 nitrogen and oxygen atoms in total. The standard InChI is InChI=1S/C20H17ClF2N2O/c21-16-7-9-20(26-13-14-6-8-18(22)19(23)10-14)15(11-16)12-24-25-17-4-2-1-3-5-17/h1-11,24-25H,12-13H2. The van der Waals surface area contributed by atoms with E-state index in [1.54, 1.807) is 18.2 Å². The summed E-state index contributed by atoms with van der Waals surface area (Å²) in [6, 6.07) is 18.6. The number of hydrogen-bond acceptors (Lipinski definition) is 3. The van der Waals surface area contributed by atoms with Crippen LogP contribution < -0.4 is 15.6 Å². The van der Waals surface area contributed by atoms with Gasteiger partial charge < -0.3 is 10.2 Å². The van der Waals surface area contributed by atoms with Crippen LogP contribution in [0.3, 0.4) is 0 Å². The van der Waals surface area contributed by atoms with Crippen molar-refractivity contribution in [3.63, 3.8) is 0 Å². The van der Waals surface area contributed by atoms with Crippen LogP contribution in [0.5, 0.6) is 5.75 Å². The third kappa shape index (κ3) is 4.94. The molecule has 3 aromatic rings. The van der Waals surface area contributed by atoms with Gasteiger partial charge >= 0.3 is 0 Å². The molecular formula is C20H17ClF2N2O. The van der Waals surface area contributed by atoms with Gasteiger partial charge in [-0.3, -0.25) is 0 Å². The van der Waals surface area contributed by atoms with Crippen molar-refractivity contribution in [3.05, 3.63) is 94.5 Å². The van der Waals surface area contributed by atoms with Gasteiger partial charge in [0.1, 0.15) is 12.4 Å². The number of ether oxygens (including phenoxy) is 1. The van der Waals surface area contributed by atoms with Gasteiger partial charge in [-0.15, -0.1) is 0 Å². The average molecular weight is 375 g/mol. The third-order valence-electron chi connectivity index (χ3n) is 3.69. The molecule has 6 heteroatoms. The number of hydrazine groups is 1. The molecule has 0 saturated carbocycles. The van der Waals surface area contributed by atoms with Crippen LogP contribution in [0.4, 0.5) is 14.5 Å². The van der Waals surface area contributed by atoms with Crippen LogP contribution in [0, 0.1) is 11.6 Å². The number of benzene rings is 3. The van der Waals surface area contributed by atoms with Crippen molar-refractivity contribution in [1.29, 1.82) is 0 Å². The van der Waals surface area contributed by atoms with Crippen LogP contribution in [0.25, 0.3) is 0 Å². The highest BCUT2D eigenvalue weighted by Crippen LogP contribution is 2.24. The van der Waals surface area contributed by atoms with Crippen LogP contribution in [0.1, 0.15) is 11.1 Å². The maximum absolute atomic E-state index is 13.3. The van der Waals surface area contributed by atoms with E-state index in [1.807, 2.05) is 30.3 Å². The molecule has 134 valence electrons. The number of halogens is 3. The predicted molar refractivity (Wildman–Crippen MR) is 99.0 cm³/mol. The normalized spacial score (nSPS) is 10.6. The fraction of sp³-hybridized carbons (Fsp3) is 0.100. The molecule has 0 saturated heterocycles. The summed E-state index contributed by atoms with van der Waals surface area (Å²) in [7, 11) is 0. The van der Waals surface area contributed by atoms with Crippen molar-refractivity contribution in [1.82, 2.24) is 5.43 Å². The molecule has 0 bridgehead atoms. The lowest BCUT2D eigenvalue weighted by molar-refractivity contribution is 0.301. The van der Waals surface area contributed by atoms with Crippen LogP contribution in [-0.4, -0.2) is 0 Å². The molecule has 2 N–H and O–H groups in total. The predicted octanol–water partition coefficient (Wildman–Crippen LogP) is 5.31. The first-order chi connectivity index (χ1) is 12.6. The number of nitrogens with one attached hydrogen (secondary N) is 2. The van der Waals surface area contributed by atoms with Crippen molar-refractivity contribution in [2.75, 3.05) is 5.43 Å². The molecule has 0 unspecified atom stereocenters. The smallest absolute Gasteiger partial charge is 0.159 e. The Bertz CT molecular complexity index is 875. The van der Waals surface area contributed by atoms with E-state index in [0.29, 0.717) is 22.9 Å². The molecule has 0 aliphatic heterocycles. The lowest BCUT2D eigenvalue weighted by atomic mass is 10.2. The number of hydrogen-bond donors (Lipinski definition) is 2. The molecule has 3 rings (SSSR count). The largest absolute Gasteiger partial charge is 0.489 e. The van der Waals surface area contributed by atoms with Crippen molar-refractivity contribution in [2.24, 2.45) is 0 Å². The summed E-state index contributed by atoms with van der Waals surface area (Å²) in [4.78, 5) is 0. The highest BCUT2D eigenvalue weighted by molar-refractivity contribution is 6.30. The van der Waals surface area contributed by atoms with E-state index in [1.165, 1.54) is 6.07 Å². The van der Waals surface area contributed by atoms with E-state index in [-0.39, 0.29) is 6.61 Å². The molecule has 0 amide bonds. The van der Waals surface area contributed by atoms with Gasteiger partial charge in [-0.05, 0) is 48.0 Å². The summed E-state index contributed by atoms with van der Waals surface area (Å²) in [5.41, 5.74) is 8.50. The van der Waals surface area contributed by atoms with Gasteiger partial charge in [0, 0.05) is 22.8 Å². The Hall–Kier alpha value is -2.63. The number of rotatable bonds is 7. The molecular weight excluding hydrogens is 358 g/mol. The summed E-state index contributed by atoms with van der Waals surface area (Å²) in [6.07, 6.45) is 0. The average Bonchev–Trinajstić information content (AvgIpc) is 2.65. The monoisotopic (exact) mass is 374 g/mol. The van der Waals surface area contributed by atoms with Crippen LogP contribution >= 0.6 is 11.6 Å². The van der Waals surface area contributed by atoms with E-state index in [0.717, 1.165) is 23.4 Å². The Morgan fingerprint density at radius 1 is 0.885 bits per heavy atom. The molecule has 3 aromatic carbocycles. The summed E-state index contributed by atoms with van der Waals surface area (Å²) >= 11 is 6.07. The molecule has 0 radical (unpaired) electrons. The van der Waals surface area contributed by atoms with E-state index in [2.05, 4.69) is 10.9 Å². The Labute approximate surface area is 155 Å². The molecule has 0 aliphatic carbocycles. The van der Waals surface area contributed by atoms with Gasteiger partial charge in [0.25, 0.3) is 0 Å². The zero-order valence-corrected chi connectivity index (χ0v) is 14.6. The lowest BCUT2D eigenvalue weighted by Gasteiger charge is -2.14. The zero-order chi connectivity index (χ0) is 18.4. The fourth-order valence-electron chi connectivity index (χ4n) is 2.38. The lowest BCUT2D eigenvalue weighted by Crippen LogP contribution is -2.21. The van der Waals surface area contributed by atoms with Crippen molar-refractivity contribution < 1.29 is 13.5 Å². The Morgan fingerprint density at radius 3 is 2.46 bits per heavy atom. The highest BCUT2D eigenvalue weighted by atomic mass is 35.5. The topological polar surface area (TPSA) is 33.3 Å². The number of para-hydroxylation sites is 1.